The van der Waals surface area contributed by atoms with Crippen molar-refractivity contribution in [2.45, 2.75) is 19.4 Å². The van der Waals surface area contributed by atoms with Crippen molar-refractivity contribution in [1.82, 2.24) is 5.32 Å². The third-order valence-electron chi connectivity index (χ3n) is 3.88. The standard InChI is InChI=1S/C18H16BrN3O3/c1-10-8-11(6-7-13(10)19)20-16(23)9-15-18(25)21-14-5-3-2-4-12(14)17(24)22-15/h2-8,15H,9H2,1H3,(H,20,23)(H,21,25)(H,22,24)/t15-/m0/s1. The van der Waals surface area contributed by atoms with Crippen LogP contribution in [-0.4, -0.2) is 23.8 Å². The molecular weight excluding hydrogens is 386 g/mol. The van der Waals surface area contributed by atoms with Crippen molar-refractivity contribution in [3.63, 3.8) is 0 Å². The van der Waals surface area contributed by atoms with Crippen molar-refractivity contribution < 1.29 is 14.4 Å². The third-order valence-corrected chi connectivity index (χ3v) is 4.77. The van der Waals surface area contributed by atoms with Crippen LogP contribution >= 0.6 is 15.9 Å². The number of carbonyl (C=O) groups is 3. The minimum Gasteiger partial charge on any atom is -0.340 e. The predicted octanol–water partition coefficient (Wildman–Crippen LogP) is 2.84. The van der Waals surface area contributed by atoms with Gasteiger partial charge in [0, 0.05) is 10.2 Å². The SMILES string of the molecule is Cc1cc(NC(=O)C[C@@H]2NC(=O)c3ccccc3NC2=O)ccc1Br. The van der Waals surface area contributed by atoms with E-state index in [0.717, 1.165) is 10.0 Å². The van der Waals surface area contributed by atoms with Crippen molar-refractivity contribution in [1.29, 1.82) is 0 Å². The van der Waals surface area contributed by atoms with Crippen molar-refractivity contribution in [3.8, 4) is 0 Å². The minimum atomic E-state index is -0.934. The monoisotopic (exact) mass is 401 g/mol. The van der Waals surface area contributed by atoms with Crippen molar-refractivity contribution in [2.75, 3.05) is 10.6 Å². The van der Waals surface area contributed by atoms with Crippen LogP contribution in [0.15, 0.2) is 46.9 Å². The number of fused-ring (bicyclic) bond motifs is 1. The third kappa shape index (κ3) is 3.88. The zero-order chi connectivity index (χ0) is 18.0. The van der Waals surface area contributed by atoms with Gasteiger partial charge >= 0.3 is 0 Å². The maximum absolute atomic E-state index is 12.3. The molecule has 0 aromatic heterocycles. The van der Waals surface area contributed by atoms with E-state index in [4.69, 9.17) is 0 Å². The Labute approximate surface area is 153 Å². The molecule has 3 amide bonds. The van der Waals surface area contributed by atoms with Gasteiger partial charge in [-0.2, -0.15) is 0 Å². The first-order valence-corrected chi connectivity index (χ1v) is 8.50. The van der Waals surface area contributed by atoms with Gasteiger partial charge < -0.3 is 16.0 Å². The molecule has 25 heavy (non-hydrogen) atoms. The molecular formula is C18H16BrN3O3. The van der Waals surface area contributed by atoms with Crippen LogP contribution in [-0.2, 0) is 9.59 Å². The average Bonchev–Trinajstić information content (AvgIpc) is 2.68. The van der Waals surface area contributed by atoms with Gasteiger partial charge in [-0.15, -0.1) is 0 Å². The first-order valence-electron chi connectivity index (χ1n) is 7.71. The molecule has 1 aliphatic heterocycles. The lowest BCUT2D eigenvalue weighted by Gasteiger charge is -2.14. The Morgan fingerprint density at radius 1 is 1.20 bits per heavy atom. The summed E-state index contributed by atoms with van der Waals surface area (Å²) in [5.41, 5.74) is 2.43. The topological polar surface area (TPSA) is 87.3 Å². The number of carbonyl (C=O) groups excluding carboxylic acids is 3. The summed E-state index contributed by atoms with van der Waals surface area (Å²) >= 11 is 3.40. The average molecular weight is 402 g/mol. The highest BCUT2D eigenvalue weighted by Crippen LogP contribution is 2.21. The second-order valence-electron chi connectivity index (χ2n) is 5.78. The molecule has 2 aromatic rings. The quantitative estimate of drug-likeness (QED) is 0.738. The second kappa shape index (κ2) is 7.06. The van der Waals surface area contributed by atoms with Crippen LogP contribution in [0.4, 0.5) is 11.4 Å². The lowest BCUT2D eigenvalue weighted by molar-refractivity contribution is -0.122. The molecule has 7 heteroatoms. The Kier molecular flexibility index (Phi) is 4.85. The lowest BCUT2D eigenvalue weighted by Crippen LogP contribution is -2.43. The summed E-state index contributed by atoms with van der Waals surface area (Å²) in [4.78, 5) is 36.8. The molecule has 0 saturated heterocycles. The fourth-order valence-electron chi connectivity index (χ4n) is 2.58. The van der Waals surface area contributed by atoms with Gasteiger partial charge in [-0.1, -0.05) is 28.1 Å². The van der Waals surface area contributed by atoms with Crippen LogP contribution in [0, 0.1) is 6.92 Å². The second-order valence-corrected chi connectivity index (χ2v) is 6.63. The van der Waals surface area contributed by atoms with E-state index in [1.807, 2.05) is 19.1 Å². The van der Waals surface area contributed by atoms with E-state index < -0.39 is 11.9 Å². The van der Waals surface area contributed by atoms with Gasteiger partial charge in [0.15, 0.2) is 0 Å². The number of para-hydroxylation sites is 1. The van der Waals surface area contributed by atoms with Crippen molar-refractivity contribution in [2.24, 2.45) is 0 Å². The summed E-state index contributed by atoms with van der Waals surface area (Å²) < 4.78 is 0.943. The maximum Gasteiger partial charge on any atom is 0.254 e. The zero-order valence-electron chi connectivity index (χ0n) is 13.4. The van der Waals surface area contributed by atoms with E-state index in [0.29, 0.717) is 16.9 Å². The summed E-state index contributed by atoms with van der Waals surface area (Å²) in [5.74, 6) is -1.15. The largest absolute Gasteiger partial charge is 0.340 e. The molecule has 0 saturated carbocycles. The smallest absolute Gasteiger partial charge is 0.254 e. The summed E-state index contributed by atoms with van der Waals surface area (Å²) in [6, 6.07) is 11.2. The summed E-state index contributed by atoms with van der Waals surface area (Å²) in [7, 11) is 0. The number of anilines is 2. The van der Waals surface area contributed by atoms with Gasteiger partial charge in [-0.3, -0.25) is 14.4 Å². The summed E-state index contributed by atoms with van der Waals surface area (Å²) in [5, 5.41) is 8.03. The summed E-state index contributed by atoms with van der Waals surface area (Å²) in [6.45, 7) is 1.91. The molecule has 2 aromatic carbocycles. The van der Waals surface area contributed by atoms with Crippen molar-refractivity contribution >= 4 is 45.0 Å². The highest BCUT2D eigenvalue weighted by atomic mass is 79.9. The molecule has 1 atom stereocenters. The lowest BCUT2D eigenvalue weighted by atomic mass is 10.1. The Bertz CT molecular complexity index is 866. The molecule has 128 valence electrons. The maximum atomic E-state index is 12.3. The Morgan fingerprint density at radius 3 is 2.72 bits per heavy atom. The Hall–Kier alpha value is -2.67. The molecule has 6 nitrogen and oxygen atoms in total. The van der Waals surface area contributed by atoms with Crippen molar-refractivity contribution in [3.05, 3.63) is 58.1 Å². The number of amides is 3. The van der Waals surface area contributed by atoms with Gasteiger partial charge in [-0.05, 0) is 42.8 Å². The molecule has 3 N–H and O–H groups in total. The van der Waals surface area contributed by atoms with E-state index >= 15 is 0 Å². The number of hydrogen-bond donors (Lipinski definition) is 3. The molecule has 1 aliphatic rings. The number of rotatable bonds is 3. The van der Waals surface area contributed by atoms with Crippen LogP contribution in [0.5, 0.6) is 0 Å². The van der Waals surface area contributed by atoms with Crippen LogP contribution in [0.1, 0.15) is 22.3 Å². The highest BCUT2D eigenvalue weighted by molar-refractivity contribution is 9.10. The number of halogens is 1. The predicted molar refractivity (Wildman–Crippen MR) is 98.5 cm³/mol. The van der Waals surface area contributed by atoms with Crippen LogP contribution in [0.2, 0.25) is 0 Å². The molecule has 1 heterocycles. The Balaban J connectivity index is 1.70. The fraction of sp³-hybridized carbons (Fsp3) is 0.167. The molecule has 0 radical (unpaired) electrons. The first kappa shape index (κ1) is 17.2. The van der Waals surface area contributed by atoms with Gasteiger partial charge in [0.25, 0.3) is 5.91 Å². The van der Waals surface area contributed by atoms with E-state index in [-0.39, 0.29) is 18.2 Å². The summed E-state index contributed by atoms with van der Waals surface area (Å²) in [6.07, 6.45) is -0.152. The zero-order valence-corrected chi connectivity index (χ0v) is 15.0. The number of aryl methyl sites for hydroxylation is 1. The Morgan fingerprint density at radius 2 is 1.96 bits per heavy atom. The van der Waals surface area contributed by atoms with E-state index in [2.05, 4.69) is 31.9 Å². The van der Waals surface area contributed by atoms with E-state index in [1.165, 1.54) is 0 Å². The molecule has 0 spiro atoms. The van der Waals surface area contributed by atoms with Gasteiger partial charge in [-0.25, -0.2) is 0 Å². The molecule has 0 unspecified atom stereocenters. The highest BCUT2D eigenvalue weighted by Gasteiger charge is 2.29. The molecule has 0 bridgehead atoms. The molecule has 0 fully saturated rings. The first-order chi connectivity index (χ1) is 11.9. The van der Waals surface area contributed by atoms with E-state index in [9.17, 15) is 14.4 Å². The minimum absolute atomic E-state index is 0.152. The molecule has 3 rings (SSSR count). The van der Waals surface area contributed by atoms with Crippen LogP contribution in [0.25, 0.3) is 0 Å². The van der Waals surface area contributed by atoms with Gasteiger partial charge in [0.1, 0.15) is 6.04 Å². The van der Waals surface area contributed by atoms with E-state index in [1.54, 1.807) is 30.3 Å². The number of nitrogens with one attached hydrogen (secondary N) is 3. The number of hydrogen-bond acceptors (Lipinski definition) is 3. The van der Waals surface area contributed by atoms with Crippen LogP contribution in [0.3, 0.4) is 0 Å². The normalized spacial score (nSPS) is 16.3. The molecule has 0 aliphatic carbocycles. The van der Waals surface area contributed by atoms with Gasteiger partial charge in [0.2, 0.25) is 11.8 Å². The number of benzene rings is 2. The fourth-order valence-corrected chi connectivity index (χ4v) is 2.82. The van der Waals surface area contributed by atoms with Crippen LogP contribution < -0.4 is 16.0 Å². The van der Waals surface area contributed by atoms with Gasteiger partial charge in [0.05, 0.1) is 17.7 Å².